The summed E-state index contributed by atoms with van der Waals surface area (Å²) in [5.41, 5.74) is 3.44. The average molecular weight is 453 g/mol. The quantitative estimate of drug-likeness (QED) is 0.459. The van der Waals surface area contributed by atoms with Crippen molar-refractivity contribution in [3.8, 4) is 0 Å². The molecule has 0 aliphatic carbocycles. The zero-order chi connectivity index (χ0) is 21.4. The molecule has 3 aromatic rings. The summed E-state index contributed by atoms with van der Waals surface area (Å²) in [6.07, 6.45) is 5.14. The highest BCUT2D eigenvalue weighted by Crippen LogP contribution is 2.42. The molecule has 0 spiro atoms. The van der Waals surface area contributed by atoms with E-state index in [2.05, 4.69) is 23.1 Å². The molecule has 2 heterocycles. The van der Waals surface area contributed by atoms with Gasteiger partial charge in [0.2, 0.25) is 0 Å². The molecule has 0 atom stereocenters. The fourth-order valence-electron chi connectivity index (χ4n) is 4.63. The second-order valence-corrected chi connectivity index (χ2v) is 10.5. The zero-order valence-corrected chi connectivity index (χ0v) is 18.9. The third-order valence-corrected chi connectivity index (χ3v) is 8.38. The highest BCUT2D eigenvalue weighted by molar-refractivity contribution is 7.93. The predicted octanol–water partition coefficient (Wildman–Crippen LogP) is 5.57. The third-order valence-electron chi connectivity index (χ3n) is 6.28. The van der Waals surface area contributed by atoms with Crippen molar-refractivity contribution in [1.82, 2.24) is 4.90 Å². The average Bonchev–Trinajstić information content (AvgIpc) is 3.01. The fourth-order valence-corrected chi connectivity index (χ4v) is 6.51. The summed E-state index contributed by atoms with van der Waals surface area (Å²) in [7, 11) is -3.44. The first-order chi connectivity index (χ1) is 15.0. The third kappa shape index (κ3) is 3.86. The standard InChI is InChI=1S/C25H25ClN2O2S/c26-22-11-9-19(10-12-22)20-13-17-27(18-14-20)15-1-2-16-28-23-7-3-5-21-6-4-8-24(25(21)23)31(28,29)30/h3-13H,1-2,14-18H2. The van der Waals surface area contributed by atoms with E-state index in [-0.39, 0.29) is 0 Å². The topological polar surface area (TPSA) is 40.6 Å². The molecule has 0 aromatic heterocycles. The lowest BCUT2D eigenvalue weighted by Crippen LogP contribution is -2.31. The number of hydrogen-bond donors (Lipinski definition) is 0. The van der Waals surface area contributed by atoms with Gasteiger partial charge in [-0.2, -0.15) is 0 Å². The van der Waals surface area contributed by atoms with Gasteiger partial charge in [0.05, 0.1) is 10.6 Å². The fraction of sp³-hybridized carbons (Fsp3) is 0.280. The Kier molecular flexibility index (Phi) is 5.51. The normalized spacial score (nSPS) is 17.8. The van der Waals surface area contributed by atoms with Crippen LogP contribution in [0.25, 0.3) is 16.3 Å². The number of benzene rings is 3. The Labute approximate surface area is 188 Å². The lowest BCUT2D eigenvalue weighted by atomic mass is 9.99. The monoisotopic (exact) mass is 452 g/mol. The number of anilines is 1. The molecule has 31 heavy (non-hydrogen) atoms. The minimum atomic E-state index is -3.44. The van der Waals surface area contributed by atoms with Crippen LogP contribution in [0.2, 0.25) is 5.02 Å². The first kappa shape index (κ1) is 20.6. The van der Waals surface area contributed by atoms with E-state index in [4.69, 9.17) is 11.6 Å². The van der Waals surface area contributed by atoms with Crippen LogP contribution < -0.4 is 4.31 Å². The molecule has 3 aromatic carbocycles. The van der Waals surface area contributed by atoms with E-state index in [0.29, 0.717) is 11.4 Å². The summed E-state index contributed by atoms with van der Waals surface area (Å²) in [5.74, 6) is 0. The van der Waals surface area contributed by atoms with Gasteiger partial charge in [0.25, 0.3) is 10.0 Å². The Bertz CT molecular complexity index is 1250. The van der Waals surface area contributed by atoms with E-state index in [0.717, 1.165) is 60.4 Å². The Balaban J connectivity index is 1.18. The van der Waals surface area contributed by atoms with Crippen LogP contribution in [0.5, 0.6) is 0 Å². The maximum absolute atomic E-state index is 13.1. The second kappa shape index (κ2) is 8.30. The maximum atomic E-state index is 13.1. The lowest BCUT2D eigenvalue weighted by molar-refractivity contribution is 0.296. The molecule has 0 saturated heterocycles. The molecule has 0 amide bonds. The summed E-state index contributed by atoms with van der Waals surface area (Å²) in [5, 5.41) is 2.61. The number of unbranched alkanes of at least 4 members (excludes halogenated alkanes) is 1. The molecule has 2 aliphatic rings. The van der Waals surface area contributed by atoms with Crippen molar-refractivity contribution in [2.45, 2.75) is 24.2 Å². The van der Waals surface area contributed by atoms with Crippen molar-refractivity contribution in [3.05, 3.63) is 77.3 Å². The van der Waals surface area contributed by atoms with E-state index >= 15 is 0 Å². The van der Waals surface area contributed by atoms with Gasteiger partial charge in [0, 0.05) is 30.0 Å². The van der Waals surface area contributed by atoms with E-state index in [9.17, 15) is 8.42 Å². The molecule has 160 valence electrons. The zero-order valence-electron chi connectivity index (χ0n) is 17.3. The van der Waals surface area contributed by atoms with Crippen LogP contribution in [0, 0.1) is 0 Å². The summed E-state index contributed by atoms with van der Waals surface area (Å²) >= 11 is 5.99. The van der Waals surface area contributed by atoms with E-state index in [1.54, 1.807) is 10.4 Å². The van der Waals surface area contributed by atoms with Crippen molar-refractivity contribution >= 4 is 43.7 Å². The molecule has 2 aliphatic heterocycles. The number of nitrogens with zero attached hydrogens (tertiary/aromatic N) is 2. The van der Waals surface area contributed by atoms with Crippen LogP contribution in [0.3, 0.4) is 0 Å². The molecule has 4 nitrogen and oxygen atoms in total. The van der Waals surface area contributed by atoms with Crippen LogP contribution in [-0.2, 0) is 10.0 Å². The maximum Gasteiger partial charge on any atom is 0.265 e. The van der Waals surface area contributed by atoms with E-state index in [1.165, 1.54) is 11.1 Å². The molecule has 0 N–H and O–H groups in total. The summed E-state index contributed by atoms with van der Waals surface area (Å²) in [6, 6.07) is 19.4. The van der Waals surface area contributed by atoms with Crippen molar-refractivity contribution in [2.24, 2.45) is 0 Å². The smallest absolute Gasteiger partial charge is 0.265 e. The van der Waals surface area contributed by atoms with Gasteiger partial charge in [-0.25, -0.2) is 8.42 Å². The first-order valence-corrected chi connectivity index (χ1v) is 12.6. The summed E-state index contributed by atoms with van der Waals surface area (Å²) in [6.45, 7) is 3.47. The van der Waals surface area contributed by atoms with Gasteiger partial charge in [-0.3, -0.25) is 9.21 Å². The van der Waals surface area contributed by atoms with Gasteiger partial charge in [-0.05, 0) is 66.6 Å². The van der Waals surface area contributed by atoms with Gasteiger partial charge in [0.1, 0.15) is 0 Å². The van der Waals surface area contributed by atoms with Gasteiger partial charge in [-0.1, -0.05) is 54.1 Å². The van der Waals surface area contributed by atoms with Crippen molar-refractivity contribution < 1.29 is 8.42 Å². The van der Waals surface area contributed by atoms with Gasteiger partial charge >= 0.3 is 0 Å². The molecular formula is C25H25ClN2O2S. The van der Waals surface area contributed by atoms with Crippen molar-refractivity contribution in [1.29, 1.82) is 0 Å². The Hall–Kier alpha value is -2.34. The number of sulfonamides is 1. The SMILES string of the molecule is O=S1(=O)c2cccc3cccc(c23)N1CCCCN1CC=C(c2ccc(Cl)cc2)CC1. The number of halogens is 1. The molecule has 0 saturated carbocycles. The summed E-state index contributed by atoms with van der Waals surface area (Å²) < 4.78 is 27.7. The number of hydrogen-bond acceptors (Lipinski definition) is 3. The van der Waals surface area contributed by atoms with Crippen LogP contribution in [0.15, 0.2) is 71.6 Å². The first-order valence-electron chi connectivity index (χ1n) is 10.8. The largest absolute Gasteiger partial charge is 0.299 e. The number of rotatable bonds is 6. The van der Waals surface area contributed by atoms with E-state index < -0.39 is 10.0 Å². The molecular weight excluding hydrogens is 428 g/mol. The van der Waals surface area contributed by atoms with Gasteiger partial charge in [-0.15, -0.1) is 0 Å². The highest BCUT2D eigenvalue weighted by Gasteiger charge is 2.34. The van der Waals surface area contributed by atoms with Gasteiger partial charge in [0.15, 0.2) is 0 Å². The van der Waals surface area contributed by atoms with Crippen molar-refractivity contribution in [2.75, 3.05) is 30.5 Å². The molecule has 0 fully saturated rings. The molecule has 6 heteroatoms. The molecule has 5 rings (SSSR count). The predicted molar refractivity (Wildman–Crippen MR) is 128 cm³/mol. The highest BCUT2D eigenvalue weighted by atomic mass is 35.5. The van der Waals surface area contributed by atoms with Crippen LogP contribution >= 0.6 is 11.6 Å². The minimum Gasteiger partial charge on any atom is -0.299 e. The second-order valence-electron chi connectivity index (χ2n) is 8.20. The van der Waals surface area contributed by atoms with Crippen LogP contribution in [0.1, 0.15) is 24.8 Å². The van der Waals surface area contributed by atoms with Crippen molar-refractivity contribution in [3.63, 3.8) is 0 Å². The van der Waals surface area contributed by atoms with Crippen LogP contribution in [-0.4, -0.2) is 39.5 Å². The minimum absolute atomic E-state index is 0.441. The van der Waals surface area contributed by atoms with Gasteiger partial charge < -0.3 is 0 Å². The Morgan fingerprint density at radius 2 is 1.65 bits per heavy atom. The van der Waals surface area contributed by atoms with Crippen LogP contribution in [0.4, 0.5) is 5.69 Å². The lowest BCUT2D eigenvalue weighted by Gasteiger charge is -2.27. The Morgan fingerprint density at radius 1 is 0.903 bits per heavy atom. The molecule has 0 radical (unpaired) electrons. The Morgan fingerprint density at radius 3 is 2.39 bits per heavy atom. The molecule has 0 bridgehead atoms. The molecule has 0 unspecified atom stereocenters. The summed E-state index contributed by atoms with van der Waals surface area (Å²) in [4.78, 5) is 2.88. The van der Waals surface area contributed by atoms with E-state index in [1.807, 2.05) is 42.5 Å².